The maximum absolute atomic E-state index is 11.7. The third-order valence-corrected chi connectivity index (χ3v) is 3.40. The van der Waals surface area contributed by atoms with Crippen molar-refractivity contribution in [2.75, 3.05) is 6.61 Å². The largest absolute Gasteiger partial charge is 0.462 e. The van der Waals surface area contributed by atoms with Crippen LogP contribution < -0.4 is 0 Å². The van der Waals surface area contributed by atoms with Gasteiger partial charge in [-0.2, -0.15) is 0 Å². The zero-order valence-electron chi connectivity index (χ0n) is 9.21. The molecular formula is C12H16O3. The van der Waals surface area contributed by atoms with Gasteiger partial charge < -0.3 is 4.74 Å². The molecule has 1 saturated carbocycles. The molecule has 3 nitrogen and oxygen atoms in total. The highest BCUT2D eigenvalue weighted by Gasteiger charge is 2.42. The van der Waals surface area contributed by atoms with E-state index in [2.05, 4.69) is 6.92 Å². The Balaban J connectivity index is 2.33. The van der Waals surface area contributed by atoms with Crippen molar-refractivity contribution in [1.82, 2.24) is 0 Å². The van der Waals surface area contributed by atoms with Crippen molar-refractivity contribution >= 4 is 11.8 Å². The Labute approximate surface area is 89.5 Å². The standard InChI is InChI=1S/C12H16O3/c1-3-15-12(14)11-9(13)6-8-5-4-7(2)10(8)11/h7-8H,3-6H2,1-2H3/t7?,8-/m0/s1. The van der Waals surface area contributed by atoms with Gasteiger partial charge in [0.05, 0.1) is 6.61 Å². The highest BCUT2D eigenvalue weighted by atomic mass is 16.5. The summed E-state index contributed by atoms with van der Waals surface area (Å²) in [4.78, 5) is 23.3. The first-order valence-electron chi connectivity index (χ1n) is 5.59. The van der Waals surface area contributed by atoms with Gasteiger partial charge in [-0.25, -0.2) is 4.79 Å². The molecule has 0 aromatic rings. The van der Waals surface area contributed by atoms with Crippen molar-refractivity contribution in [3.8, 4) is 0 Å². The Morgan fingerprint density at radius 1 is 1.47 bits per heavy atom. The van der Waals surface area contributed by atoms with E-state index < -0.39 is 5.97 Å². The summed E-state index contributed by atoms with van der Waals surface area (Å²) in [6, 6.07) is 0. The molecule has 2 rings (SSSR count). The van der Waals surface area contributed by atoms with E-state index in [0.717, 1.165) is 18.4 Å². The molecule has 0 aliphatic heterocycles. The van der Waals surface area contributed by atoms with Gasteiger partial charge in [-0.1, -0.05) is 6.92 Å². The zero-order valence-corrected chi connectivity index (χ0v) is 9.21. The fourth-order valence-corrected chi connectivity index (χ4v) is 2.75. The van der Waals surface area contributed by atoms with Gasteiger partial charge in [0.2, 0.25) is 0 Å². The van der Waals surface area contributed by atoms with Gasteiger partial charge in [0.25, 0.3) is 0 Å². The summed E-state index contributed by atoms with van der Waals surface area (Å²) in [6.45, 7) is 4.19. The topological polar surface area (TPSA) is 43.4 Å². The Morgan fingerprint density at radius 2 is 2.20 bits per heavy atom. The quantitative estimate of drug-likeness (QED) is 0.514. The Bertz CT molecular complexity index is 341. The number of ketones is 1. The average Bonchev–Trinajstić information content (AvgIpc) is 2.67. The Kier molecular flexibility index (Phi) is 2.63. The molecule has 1 unspecified atom stereocenters. The van der Waals surface area contributed by atoms with E-state index >= 15 is 0 Å². The highest BCUT2D eigenvalue weighted by molar-refractivity contribution is 6.20. The van der Waals surface area contributed by atoms with Gasteiger partial charge in [-0.3, -0.25) is 4.79 Å². The predicted octanol–water partition coefficient (Wildman–Crippen LogP) is 1.86. The first-order valence-corrected chi connectivity index (χ1v) is 5.59. The summed E-state index contributed by atoms with van der Waals surface area (Å²) in [5.41, 5.74) is 1.44. The second kappa shape index (κ2) is 3.80. The summed E-state index contributed by atoms with van der Waals surface area (Å²) in [6.07, 6.45) is 2.66. The van der Waals surface area contributed by atoms with Crippen LogP contribution >= 0.6 is 0 Å². The van der Waals surface area contributed by atoms with Crippen LogP contribution in [0.3, 0.4) is 0 Å². The third kappa shape index (κ3) is 1.60. The summed E-state index contributed by atoms with van der Waals surface area (Å²) in [5, 5.41) is 0. The van der Waals surface area contributed by atoms with Gasteiger partial charge in [-0.05, 0) is 37.2 Å². The lowest BCUT2D eigenvalue weighted by atomic mass is 9.99. The molecule has 0 amide bonds. The van der Waals surface area contributed by atoms with Crippen LogP contribution in [0.4, 0.5) is 0 Å². The molecule has 0 aromatic heterocycles. The van der Waals surface area contributed by atoms with E-state index in [9.17, 15) is 9.59 Å². The maximum Gasteiger partial charge on any atom is 0.341 e. The summed E-state index contributed by atoms with van der Waals surface area (Å²) in [7, 11) is 0. The van der Waals surface area contributed by atoms with Gasteiger partial charge in [0.15, 0.2) is 5.78 Å². The number of hydrogen-bond acceptors (Lipinski definition) is 3. The second-order valence-electron chi connectivity index (χ2n) is 4.35. The summed E-state index contributed by atoms with van der Waals surface area (Å²) >= 11 is 0. The van der Waals surface area contributed by atoms with E-state index in [1.165, 1.54) is 0 Å². The van der Waals surface area contributed by atoms with Crippen LogP contribution in [-0.2, 0) is 14.3 Å². The zero-order chi connectivity index (χ0) is 11.0. The van der Waals surface area contributed by atoms with Crippen molar-refractivity contribution < 1.29 is 14.3 Å². The van der Waals surface area contributed by atoms with E-state index in [1.807, 2.05) is 0 Å². The third-order valence-electron chi connectivity index (χ3n) is 3.40. The number of allylic oxidation sites excluding steroid dienone is 1. The number of hydrogen-bond donors (Lipinski definition) is 0. The molecule has 2 atom stereocenters. The smallest absolute Gasteiger partial charge is 0.341 e. The number of carbonyl (C=O) groups excluding carboxylic acids is 2. The molecule has 0 saturated heterocycles. The molecule has 0 N–H and O–H groups in total. The molecule has 0 radical (unpaired) electrons. The van der Waals surface area contributed by atoms with Crippen molar-refractivity contribution in [3.63, 3.8) is 0 Å². The minimum absolute atomic E-state index is 0.0139. The molecule has 0 heterocycles. The molecule has 0 bridgehead atoms. The highest BCUT2D eigenvalue weighted by Crippen LogP contribution is 2.45. The first kappa shape index (κ1) is 10.4. The average molecular weight is 208 g/mol. The predicted molar refractivity (Wildman–Crippen MR) is 55.2 cm³/mol. The van der Waals surface area contributed by atoms with Crippen LogP contribution in [0, 0.1) is 11.8 Å². The monoisotopic (exact) mass is 208 g/mol. The first-order chi connectivity index (χ1) is 7.15. The minimum atomic E-state index is -0.409. The number of Topliss-reactive ketones (excluding diaryl/α,β-unsaturated/α-hetero) is 1. The minimum Gasteiger partial charge on any atom is -0.462 e. The molecule has 0 spiro atoms. The fourth-order valence-electron chi connectivity index (χ4n) is 2.75. The van der Waals surface area contributed by atoms with Crippen molar-refractivity contribution in [1.29, 1.82) is 0 Å². The Hall–Kier alpha value is -1.12. The maximum atomic E-state index is 11.7. The van der Waals surface area contributed by atoms with Crippen LogP contribution in [0.2, 0.25) is 0 Å². The number of ether oxygens (including phenoxy) is 1. The second-order valence-corrected chi connectivity index (χ2v) is 4.35. The molecule has 2 aliphatic rings. The lowest BCUT2D eigenvalue weighted by molar-refractivity contribution is -0.139. The van der Waals surface area contributed by atoms with Gasteiger partial charge in [-0.15, -0.1) is 0 Å². The van der Waals surface area contributed by atoms with Gasteiger partial charge in [0.1, 0.15) is 5.57 Å². The molecule has 82 valence electrons. The number of carbonyl (C=O) groups is 2. The molecule has 2 aliphatic carbocycles. The lowest BCUT2D eigenvalue weighted by Crippen LogP contribution is -2.14. The number of esters is 1. The van der Waals surface area contributed by atoms with Crippen LogP contribution in [0.5, 0.6) is 0 Å². The van der Waals surface area contributed by atoms with E-state index in [4.69, 9.17) is 4.74 Å². The van der Waals surface area contributed by atoms with Gasteiger partial charge >= 0.3 is 5.97 Å². The fraction of sp³-hybridized carbons (Fsp3) is 0.667. The van der Waals surface area contributed by atoms with E-state index in [1.54, 1.807) is 6.92 Å². The number of fused-ring (bicyclic) bond motifs is 1. The molecule has 15 heavy (non-hydrogen) atoms. The number of rotatable bonds is 2. The van der Waals surface area contributed by atoms with Crippen molar-refractivity contribution in [2.24, 2.45) is 11.8 Å². The van der Waals surface area contributed by atoms with Crippen LogP contribution in [0.1, 0.15) is 33.1 Å². The molecule has 1 fully saturated rings. The summed E-state index contributed by atoms with van der Waals surface area (Å²) in [5.74, 6) is 0.279. The Morgan fingerprint density at radius 3 is 2.87 bits per heavy atom. The van der Waals surface area contributed by atoms with E-state index in [0.29, 0.717) is 30.4 Å². The van der Waals surface area contributed by atoms with Crippen LogP contribution in [-0.4, -0.2) is 18.4 Å². The lowest BCUT2D eigenvalue weighted by Gasteiger charge is -2.08. The molecular weight excluding hydrogens is 192 g/mol. The summed E-state index contributed by atoms with van der Waals surface area (Å²) < 4.78 is 4.94. The normalized spacial score (nSPS) is 29.6. The molecule has 0 aromatic carbocycles. The van der Waals surface area contributed by atoms with Crippen LogP contribution in [0.25, 0.3) is 0 Å². The van der Waals surface area contributed by atoms with E-state index in [-0.39, 0.29) is 5.78 Å². The molecule has 3 heteroatoms. The van der Waals surface area contributed by atoms with Crippen molar-refractivity contribution in [3.05, 3.63) is 11.1 Å². The van der Waals surface area contributed by atoms with Crippen LogP contribution in [0.15, 0.2) is 11.1 Å². The van der Waals surface area contributed by atoms with Gasteiger partial charge in [0, 0.05) is 6.42 Å². The van der Waals surface area contributed by atoms with Crippen molar-refractivity contribution in [2.45, 2.75) is 33.1 Å². The SMILES string of the molecule is CCOC(=O)C1=C2C(C)CC[C@H]2CC1=O.